The zero-order valence-corrected chi connectivity index (χ0v) is 10.9. The molecule has 0 amide bonds. The average Bonchev–Trinajstić information content (AvgIpc) is 2.76. The number of para-hydroxylation sites is 1. The lowest BCUT2D eigenvalue weighted by molar-refractivity contribution is 0.621. The second kappa shape index (κ2) is 4.88. The molecule has 1 aliphatic carbocycles. The first-order valence-corrected chi connectivity index (χ1v) is 6.47. The van der Waals surface area contributed by atoms with Gasteiger partial charge in [-0.1, -0.05) is 42.5 Å². The Hall–Kier alpha value is -2.09. The third-order valence-corrected chi connectivity index (χ3v) is 3.61. The van der Waals surface area contributed by atoms with E-state index in [9.17, 15) is 4.39 Å². The Kier molecular flexibility index (Phi) is 3.08. The standard InChI is InChI=1S/C17H16FN/c1-19(14-8-3-2-4-9-14)12-16-15-10-6-5-7-13(15)11-17(16)18/h2-10H,11-12H2,1H3. The van der Waals surface area contributed by atoms with Crippen molar-refractivity contribution in [3.8, 4) is 0 Å². The minimum Gasteiger partial charge on any atom is -0.370 e. The van der Waals surface area contributed by atoms with Gasteiger partial charge in [-0.25, -0.2) is 4.39 Å². The van der Waals surface area contributed by atoms with Crippen LogP contribution in [-0.4, -0.2) is 13.6 Å². The van der Waals surface area contributed by atoms with Crippen LogP contribution in [-0.2, 0) is 6.42 Å². The van der Waals surface area contributed by atoms with Crippen LogP contribution in [0.3, 0.4) is 0 Å². The fraction of sp³-hybridized carbons (Fsp3) is 0.176. The number of rotatable bonds is 3. The molecule has 0 bridgehead atoms. The number of hydrogen-bond acceptors (Lipinski definition) is 1. The van der Waals surface area contributed by atoms with Crippen LogP contribution in [0.2, 0.25) is 0 Å². The van der Waals surface area contributed by atoms with E-state index in [0.29, 0.717) is 13.0 Å². The van der Waals surface area contributed by atoms with Gasteiger partial charge in [-0.15, -0.1) is 0 Å². The van der Waals surface area contributed by atoms with Crippen molar-refractivity contribution in [1.82, 2.24) is 0 Å². The van der Waals surface area contributed by atoms with E-state index in [4.69, 9.17) is 0 Å². The highest BCUT2D eigenvalue weighted by atomic mass is 19.1. The van der Waals surface area contributed by atoms with Crippen LogP contribution in [0.1, 0.15) is 11.1 Å². The molecule has 1 aliphatic rings. The average molecular weight is 253 g/mol. The van der Waals surface area contributed by atoms with Gasteiger partial charge in [0.25, 0.3) is 0 Å². The third-order valence-electron chi connectivity index (χ3n) is 3.61. The lowest BCUT2D eigenvalue weighted by Gasteiger charge is -2.20. The van der Waals surface area contributed by atoms with Crippen molar-refractivity contribution in [1.29, 1.82) is 0 Å². The molecule has 0 N–H and O–H groups in total. The van der Waals surface area contributed by atoms with E-state index in [2.05, 4.69) is 4.90 Å². The summed E-state index contributed by atoms with van der Waals surface area (Å²) in [6.45, 7) is 0.604. The summed E-state index contributed by atoms with van der Waals surface area (Å²) in [6.07, 6.45) is 0.439. The summed E-state index contributed by atoms with van der Waals surface area (Å²) in [5, 5.41) is 0. The molecule has 0 radical (unpaired) electrons. The second-order valence-electron chi connectivity index (χ2n) is 4.91. The topological polar surface area (TPSA) is 3.24 Å². The zero-order valence-electron chi connectivity index (χ0n) is 10.9. The van der Waals surface area contributed by atoms with Gasteiger partial charge in [-0.2, -0.15) is 0 Å². The van der Waals surface area contributed by atoms with Gasteiger partial charge in [0.15, 0.2) is 0 Å². The summed E-state index contributed by atoms with van der Waals surface area (Å²) in [5.74, 6) is 0.00369. The van der Waals surface area contributed by atoms with Crippen molar-refractivity contribution in [2.75, 3.05) is 18.5 Å². The normalized spacial score (nSPS) is 13.6. The van der Waals surface area contributed by atoms with Gasteiger partial charge >= 0.3 is 0 Å². The number of hydrogen-bond donors (Lipinski definition) is 0. The summed E-state index contributed by atoms with van der Waals surface area (Å²) in [7, 11) is 2.00. The van der Waals surface area contributed by atoms with Gasteiger partial charge in [-0.3, -0.25) is 0 Å². The highest BCUT2D eigenvalue weighted by molar-refractivity contribution is 5.78. The first-order valence-electron chi connectivity index (χ1n) is 6.47. The van der Waals surface area contributed by atoms with Crippen LogP contribution in [0.25, 0.3) is 5.57 Å². The largest absolute Gasteiger partial charge is 0.370 e. The van der Waals surface area contributed by atoms with Crippen molar-refractivity contribution in [3.63, 3.8) is 0 Å². The molecule has 0 heterocycles. The minimum absolute atomic E-state index is 0.00369. The SMILES string of the molecule is CN(CC1=C(F)Cc2ccccc21)c1ccccc1. The molecule has 0 fully saturated rings. The predicted molar refractivity (Wildman–Crippen MR) is 77.9 cm³/mol. The molecule has 2 aromatic carbocycles. The van der Waals surface area contributed by atoms with E-state index in [-0.39, 0.29) is 5.83 Å². The Labute approximate surface area is 113 Å². The van der Waals surface area contributed by atoms with Crippen LogP contribution >= 0.6 is 0 Å². The minimum atomic E-state index is 0.00369. The molecule has 0 spiro atoms. The van der Waals surface area contributed by atoms with E-state index in [1.807, 2.05) is 61.6 Å². The highest BCUT2D eigenvalue weighted by Gasteiger charge is 2.22. The van der Waals surface area contributed by atoms with Crippen LogP contribution in [0.5, 0.6) is 0 Å². The predicted octanol–water partition coefficient (Wildman–Crippen LogP) is 4.06. The monoisotopic (exact) mass is 253 g/mol. The van der Waals surface area contributed by atoms with E-state index in [1.54, 1.807) is 0 Å². The summed E-state index contributed by atoms with van der Waals surface area (Å²) in [5.41, 5.74) is 4.08. The fourth-order valence-corrected chi connectivity index (χ4v) is 2.57. The Morgan fingerprint density at radius 1 is 1.00 bits per heavy atom. The lowest BCUT2D eigenvalue weighted by atomic mass is 10.1. The molecule has 2 aromatic rings. The van der Waals surface area contributed by atoms with Crippen LogP contribution < -0.4 is 4.90 Å². The van der Waals surface area contributed by atoms with E-state index in [0.717, 1.165) is 22.4 Å². The quantitative estimate of drug-likeness (QED) is 0.797. The van der Waals surface area contributed by atoms with Gasteiger partial charge in [0.2, 0.25) is 0 Å². The number of nitrogens with zero attached hydrogens (tertiary/aromatic N) is 1. The third kappa shape index (κ3) is 2.26. The molecule has 19 heavy (non-hydrogen) atoms. The van der Waals surface area contributed by atoms with Crippen LogP contribution in [0.4, 0.5) is 10.1 Å². The number of fused-ring (bicyclic) bond motifs is 1. The first kappa shape index (κ1) is 12.0. The zero-order chi connectivity index (χ0) is 13.2. The van der Waals surface area contributed by atoms with Crippen molar-refractivity contribution >= 4 is 11.3 Å². The fourth-order valence-electron chi connectivity index (χ4n) is 2.57. The molecule has 3 rings (SSSR count). The first-order chi connectivity index (χ1) is 9.25. The molecular weight excluding hydrogens is 237 g/mol. The molecule has 2 heteroatoms. The maximum atomic E-state index is 14.1. The Morgan fingerprint density at radius 3 is 2.47 bits per heavy atom. The molecule has 96 valence electrons. The summed E-state index contributed by atoms with van der Waals surface area (Å²) in [4.78, 5) is 2.08. The molecule has 0 aromatic heterocycles. The van der Waals surface area contributed by atoms with Crippen molar-refractivity contribution < 1.29 is 4.39 Å². The molecule has 0 unspecified atom stereocenters. The molecule has 1 nitrogen and oxygen atoms in total. The Bertz CT molecular complexity index is 616. The van der Waals surface area contributed by atoms with Gasteiger partial charge in [0, 0.05) is 31.3 Å². The number of benzene rings is 2. The van der Waals surface area contributed by atoms with E-state index >= 15 is 0 Å². The molecular formula is C17H16FN. The Morgan fingerprint density at radius 2 is 1.68 bits per heavy atom. The summed E-state index contributed by atoms with van der Waals surface area (Å²) >= 11 is 0. The van der Waals surface area contributed by atoms with Gasteiger partial charge < -0.3 is 4.90 Å². The number of allylic oxidation sites excluding steroid dienone is 1. The van der Waals surface area contributed by atoms with Crippen LogP contribution in [0.15, 0.2) is 60.4 Å². The van der Waals surface area contributed by atoms with E-state index < -0.39 is 0 Å². The van der Waals surface area contributed by atoms with Crippen molar-refractivity contribution in [2.45, 2.75) is 6.42 Å². The summed E-state index contributed by atoms with van der Waals surface area (Å²) < 4.78 is 14.1. The maximum absolute atomic E-state index is 14.1. The highest BCUT2D eigenvalue weighted by Crippen LogP contribution is 2.34. The van der Waals surface area contributed by atoms with Crippen molar-refractivity contribution in [2.24, 2.45) is 0 Å². The maximum Gasteiger partial charge on any atom is 0.110 e. The molecule has 0 saturated heterocycles. The molecule has 0 atom stereocenters. The second-order valence-corrected chi connectivity index (χ2v) is 4.91. The molecule has 0 aliphatic heterocycles. The van der Waals surface area contributed by atoms with Gasteiger partial charge in [0.05, 0.1) is 0 Å². The van der Waals surface area contributed by atoms with Gasteiger partial charge in [-0.05, 0) is 23.3 Å². The smallest absolute Gasteiger partial charge is 0.110 e. The number of likely N-dealkylation sites (N-methyl/N-ethyl adjacent to an activating group) is 1. The molecule has 0 saturated carbocycles. The van der Waals surface area contributed by atoms with E-state index in [1.165, 1.54) is 0 Å². The Balaban J connectivity index is 1.86. The number of anilines is 1. The lowest BCUT2D eigenvalue weighted by Crippen LogP contribution is -2.19. The summed E-state index contributed by atoms with van der Waals surface area (Å²) in [6, 6.07) is 18.0. The van der Waals surface area contributed by atoms with Crippen molar-refractivity contribution in [3.05, 3.63) is 71.6 Å². The van der Waals surface area contributed by atoms with Crippen LogP contribution in [0, 0.1) is 0 Å². The van der Waals surface area contributed by atoms with Gasteiger partial charge in [0.1, 0.15) is 5.83 Å². The number of halogens is 1.